The molecule has 0 saturated carbocycles. The number of fused-ring (bicyclic) bond motifs is 1. The zero-order valence-corrected chi connectivity index (χ0v) is 19.5. The molecule has 0 heterocycles. The predicted octanol–water partition coefficient (Wildman–Crippen LogP) is 5.45. The summed E-state index contributed by atoms with van der Waals surface area (Å²) in [7, 11) is 0. The van der Waals surface area contributed by atoms with Crippen LogP contribution in [0.3, 0.4) is 0 Å². The molecule has 0 fully saturated rings. The van der Waals surface area contributed by atoms with Crippen LogP contribution in [-0.2, 0) is 9.59 Å². The number of hydrogen-bond acceptors (Lipinski definition) is 5. The Morgan fingerprint density at radius 3 is 2.29 bits per heavy atom. The third-order valence-electron chi connectivity index (χ3n) is 4.90. The van der Waals surface area contributed by atoms with Gasteiger partial charge in [0, 0.05) is 16.3 Å². The molecule has 4 rings (SSSR count). The maximum Gasteiger partial charge on any atom is 0.345 e. The summed E-state index contributed by atoms with van der Waals surface area (Å²) < 4.78 is 5.60. The Kier molecular flexibility index (Phi) is 7.40. The molecular weight excluding hydrogens is 489 g/mol. The molecule has 0 saturated heterocycles. The van der Waals surface area contributed by atoms with Gasteiger partial charge in [0.2, 0.25) is 0 Å². The highest BCUT2D eigenvalue weighted by Crippen LogP contribution is 2.28. The van der Waals surface area contributed by atoms with Gasteiger partial charge in [-0.05, 0) is 53.2 Å². The second-order valence-corrected chi connectivity index (χ2v) is 8.07. The molecule has 0 aliphatic rings. The van der Waals surface area contributed by atoms with Gasteiger partial charge in [-0.25, -0.2) is 10.2 Å². The maximum absolute atomic E-state index is 12.7. The highest BCUT2D eigenvalue weighted by Gasteiger charge is 2.16. The molecule has 0 radical (unpaired) electrons. The van der Waals surface area contributed by atoms with Gasteiger partial charge in [-0.3, -0.25) is 9.59 Å². The van der Waals surface area contributed by atoms with Gasteiger partial charge in [-0.1, -0.05) is 65.7 Å². The third-order valence-corrected chi connectivity index (χ3v) is 5.48. The molecule has 0 unspecified atom stereocenters. The predicted molar refractivity (Wildman–Crippen MR) is 136 cm³/mol. The van der Waals surface area contributed by atoms with E-state index in [1.807, 2.05) is 24.3 Å². The zero-order valence-electron chi connectivity index (χ0n) is 18.0. The number of benzene rings is 4. The Hall–Kier alpha value is -4.20. The fraction of sp³-hybridized carbons (Fsp3) is 0. The van der Waals surface area contributed by atoms with Gasteiger partial charge in [-0.2, -0.15) is 5.10 Å². The van der Waals surface area contributed by atoms with Crippen molar-refractivity contribution in [1.29, 1.82) is 0 Å². The van der Waals surface area contributed by atoms with Crippen LogP contribution in [-0.4, -0.2) is 24.0 Å². The van der Waals surface area contributed by atoms with Crippen molar-refractivity contribution in [3.8, 4) is 5.75 Å². The molecule has 2 N–H and O–H groups in total. The van der Waals surface area contributed by atoms with Gasteiger partial charge in [0.05, 0.1) is 16.8 Å². The Morgan fingerprint density at radius 1 is 0.800 bits per heavy atom. The van der Waals surface area contributed by atoms with Crippen molar-refractivity contribution >= 4 is 63.7 Å². The van der Waals surface area contributed by atoms with Crippen LogP contribution in [0.2, 0.25) is 10.0 Å². The normalized spacial score (nSPS) is 10.8. The number of hydrogen-bond donors (Lipinski definition) is 2. The molecule has 9 heteroatoms. The van der Waals surface area contributed by atoms with Gasteiger partial charge < -0.3 is 10.1 Å². The number of ether oxygens (including phenoxy) is 1. The monoisotopic (exact) mass is 505 g/mol. The first-order valence-corrected chi connectivity index (χ1v) is 11.1. The first-order chi connectivity index (χ1) is 16.9. The number of amides is 2. The molecule has 0 aliphatic carbocycles. The number of nitrogens with zero attached hydrogens (tertiary/aromatic N) is 1. The minimum atomic E-state index is -0.981. The standard InChI is InChI=1S/C26H17Cl2N3O4/c27-17-10-12-18(13-11-17)30-24(32)25(33)31-29-15-21-19-6-2-1-5-16(19)9-14-23(21)35-26(34)20-7-3-4-8-22(20)28/h1-15H,(H,30,32)(H,31,33). The quantitative estimate of drug-likeness (QED) is 0.124. The fourth-order valence-electron chi connectivity index (χ4n) is 3.21. The van der Waals surface area contributed by atoms with Gasteiger partial charge in [-0.15, -0.1) is 0 Å². The second-order valence-electron chi connectivity index (χ2n) is 7.23. The average Bonchev–Trinajstić information content (AvgIpc) is 2.86. The summed E-state index contributed by atoms with van der Waals surface area (Å²) in [6, 6.07) is 23.6. The molecule has 4 aromatic rings. The van der Waals surface area contributed by atoms with E-state index in [0.717, 1.165) is 10.8 Å². The first kappa shape index (κ1) is 23.9. The number of nitrogens with one attached hydrogen (secondary N) is 2. The van der Waals surface area contributed by atoms with Crippen molar-refractivity contribution in [2.75, 3.05) is 5.32 Å². The Morgan fingerprint density at radius 2 is 1.51 bits per heavy atom. The SMILES string of the molecule is O=C(NN=Cc1c(OC(=O)c2ccccc2Cl)ccc2ccccc12)C(=O)Nc1ccc(Cl)cc1. The summed E-state index contributed by atoms with van der Waals surface area (Å²) in [5.41, 5.74) is 3.22. The van der Waals surface area contributed by atoms with Gasteiger partial charge >= 0.3 is 17.8 Å². The van der Waals surface area contributed by atoms with Crippen LogP contribution in [0.25, 0.3) is 10.8 Å². The summed E-state index contributed by atoms with van der Waals surface area (Å²) in [5, 5.41) is 8.68. The van der Waals surface area contributed by atoms with Crippen LogP contribution in [0.15, 0.2) is 90.0 Å². The van der Waals surface area contributed by atoms with Crippen LogP contribution in [0, 0.1) is 0 Å². The highest BCUT2D eigenvalue weighted by molar-refractivity contribution is 6.39. The van der Waals surface area contributed by atoms with Crippen molar-refractivity contribution in [3.63, 3.8) is 0 Å². The lowest BCUT2D eigenvalue weighted by Gasteiger charge is -2.11. The van der Waals surface area contributed by atoms with Crippen LogP contribution < -0.4 is 15.5 Å². The average molecular weight is 506 g/mol. The smallest absolute Gasteiger partial charge is 0.345 e. The Labute approximate surface area is 210 Å². The van der Waals surface area contributed by atoms with E-state index in [0.29, 0.717) is 16.3 Å². The van der Waals surface area contributed by atoms with Gasteiger partial charge in [0.1, 0.15) is 5.75 Å². The molecule has 0 atom stereocenters. The number of hydrazone groups is 1. The molecule has 0 aromatic heterocycles. The molecule has 0 spiro atoms. The number of rotatable bonds is 5. The maximum atomic E-state index is 12.7. The van der Waals surface area contributed by atoms with Gasteiger partial charge in [0.25, 0.3) is 0 Å². The number of carbonyl (C=O) groups is 3. The van der Waals surface area contributed by atoms with E-state index in [2.05, 4.69) is 15.8 Å². The largest absolute Gasteiger partial charge is 0.422 e. The van der Waals surface area contributed by atoms with E-state index in [-0.39, 0.29) is 16.3 Å². The molecule has 0 bridgehead atoms. The van der Waals surface area contributed by atoms with E-state index in [4.69, 9.17) is 27.9 Å². The van der Waals surface area contributed by atoms with Crippen LogP contribution in [0.5, 0.6) is 5.75 Å². The molecule has 0 aliphatic heterocycles. The summed E-state index contributed by atoms with van der Waals surface area (Å²) in [6.45, 7) is 0. The van der Waals surface area contributed by atoms with Crippen molar-refractivity contribution in [1.82, 2.24) is 5.43 Å². The van der Waals surface area contributed by atoms with Crippen molar-refractivity contribution in [3.05, 3.63) is 106 Å². The minimum Gasteiger partial charge on any atom is -0.422 e. The molecule has 2 amide bonds. The van der Waals surface area contributed by atoms with E-state index in [9.17, 15) is 14.4 Å². The molecular formula is C26H17Cl2N3O4. The topological polar surface area (TPSA) is 96.9 Å². The van der Waals surface area contributed by atoms with Crippen LogP contribution in [0.1, 0.15) is 15.9 Å². The first-order valence-electron chi connectivity index (χ1n) is 10.3. The lowest BCUT2D eigenvalue weighted by molar-refractivity contribution is -0.136. The van der Waals surface area contributed by atoms with Crippen molar-refractivity contribution < 1.29 is 19.1 Å². The molecule has 4 aromatic carbocycles. The third kappa shape index (κ3) is 5.84. The molecule has 174 valence electrons. The summed E-state index contributed by atoms with van der Waals surface area (Å²) in [4.78, 5) is 37.0. The Bertz CT molecular complexity index is 1450. The highest BCUT2D eigenvalue weighted by atomic mass is 35.5. The van der Waals surface area contributed by atoms with Crippen molar-refractivity contribution in [2.45, 2.75) is 0 Å². The number of halogens is 2. The number of anilines is 1. The van der Waals surface area contributed by atoms with Crippen molar-refractivity contribution in [2.24, 2.45) is 5.10 Å². The summed E-state index contributed by atoms with van der Waals surface area (Å²) in [6.07, 6.45) is 1.31. The molecule has 35 heavy (non-hydrogen) atoms. The number of carbonyl (C=O) groups excluding carboxylic acids is 3. The molecule has 7 nitrogen and oxygen atoms in total. The Balaban J connectivity index is 1.54. The van der Waals surface area contributed by atoms with Gasteiger partial charge in [0.15, 0.2) is 0 Å². The summed E-state index contributed by atoms with van der Waals surface area (Å²) >= 11 is 11.9. The van der Waals surface area contributed by atoms with Crippen LogP contribution in [0.4, 0.5) is 5.69 Å². The van der Waals surface area contributed by atoms with E-state index < -0.39 is 17.8 Å². The lowest BCUT2D eigenvalue weighted by Crippen LogP contribution is -2.32. The lowest BCUT2D eigenvalue weighted by atomic mass is 10.0. The number of esters is 1. The fourth-order valence-corrected chi connectivity index (χ4v) is 3.55. The second kappa shape index (κ2) is 10.8. The van der Waals surface area contributed by atoms with E-state index in [1.54, 1.807) is 60.7 Å². The van der Waals surface area contributed by atoms with E-state index in [1.165, 1.54) is 6.21 Å². The summed E-state index contributed by atoms with van der Waals surface area (Å²) in [5.74, 6) is -2.33. The minimum absolute atomic E-state index is 0.206. The van der Waals surface area contributed by atoms with Crippen LogP contribution >= 0.6 is 23.2 Å². The zero-order chi connectivity index (χ0) is 24.8. The van der Waals surface area contributed by atoms with E-state index >= 15 is 0 Å².